The fourth-order valence-electron chi connectivity index (χ4n) is 1.39. The summed E-state index contributed by atoms with van der Waals surface area (Å²) in [7, 11) is 0. The largest absolute Gasteiger partial charge is 0.389 e. The molecule has 0 amide bonds. The SMILES string of the molecule is CC(O)(CCC(F)(F)F)c1cc(F)cc(F)c1. The molecule has 1 rings (SSSR count). The first-order valence-corrected chi connectivity index (χ1v) is 4.86. The van der Waals surface area contributed by atoms with Gasteiger partial charge in [0.25, 0.3) is 0 Å². The lowest BCUT2D eigenvalue weighted by molar-refractivity contribution is -0.146. The number of aliphatic hydroxyl groups is 1. The van der Waals surface area contributed by atoms with Crippen molar-refractivity contribution in [1.29, 1.82) is 0 Å². The van der Waals surface area contributed by atoms with Gasteiger partial charge in [-0.25, -0.2) is 8.78 Å². The summed E-state index contributed by atoms with van der Waals surface area (Å²) in [5.41, 5.74) is -2.13. The van der Waals surface area contributed by atoms with Gasteiger partial charge in [0.05, 0.1) is 5.60 Å². The second kappa shape index (κ2) is 4.60. The van der Waals surface area contributed by atoms with Gasteiger partial charge in [-0.15, -0.1) is 0 Å². The Bertz CT molecular complexity index is 377. The summed E-state index contributed by atoms with van der Waals surface area (Å²) in [4.78, 5) is 0. The highest BCUT2D eigenvalue weighted by atomic mass is 19.4. The molecule has 0 radical (unpaired) electrons. The molecule has 1 nitrogen and oxygen atoms in total. The molecule has 1 unspecified atom stereocenters. The maximum atomic E-state index is 12.9. The molecule has 17 heavy (non-hydrogen) atoms. The highest BCUT2D eigenvalue weighted by Crippen LogP contribution is 2.32. The minimum absolute atomic E-state index is 0.209. The van der Waals surface area contributed by atoms with Gasteiger partial charge in [0.2, 0.25) is 0 Å². The van der Waals surface area contributed by atoms with Crippen molar-refractivity contribution in [2.24, 2.45) is 0 Å². The van der Waals surface area contributed by atoms with E-state index in [1.165, 1.54) is 0 Å². The van der Waals surface area contributed by atoms with Crippen molar-refractivity contribution < 1.29 is 27.1 Å². The Morgan fingerprint density at radius 3 is 1.88 bits per heavy atom. The molecule has 0 aliphatic rings. The molecule has 0 saturated carbocycles. The highest BCUT2D eigenvalue weighted by molar-refractivity contribution is 5.23. The van der Waals surface area contributed by atoms with Crippen molar-refractivity contribution in [3.63, 3.8) is 0 Å². The third-order valence-electron chi connectivity index (χ3n) is 2.38. The summed E-state index contributed by atoms with van der Waals surface area (Å²) in [6.45, 7) is 1.09. The van der Waals surface area contributed by atoms with Crippen LogP contribution in [0.15, 0.2) is 18.2 Å². The van der Waals surface area contributed by atoms with Crippen LogP contribution in [-0.2, 0) is 5.60 Å². The number of hydrogen-bond donors (Lipinski definition) is 1. The van der Waals surface area contributed by atoms with Crippen LogP contribution in [0.1, 0.15) is 25.3 Å². The van der Waals surface area contributed by atoms with E-state index < -0.39 is 36.3 Å². The van der Waals surface area contributed by atoms with E-state index in [0.29, 0.717) is 6.07 Å². The molecule has 0 aliphatic heterocycles. The predicted molar refractivity (Wildman–Crippen MR) is 51.2 cm³/mol. The molecule has 1 aromatic rings. The van der Waals surface area contributed by atoms with Gasteiger partial charge in [0.15, 0.2) is 0 Å². The van der Waals surface area contributed by atoms with Gasteiger partial charge in [-0.3, -0.25) is 0 Å². The minimum atomic E-state index is -4.42. The Morgan fingerprint density at radius 2 is 1.47 bits per heavy atom. The van der Waals surface area contributed by atoms with Crippen LogP contribution in [0.2, 0.25) is 0 Å². The summed E-state index contributed by atoms with van der Waals surface area (Å²) in [6.07, 6.45) is -6.30. The molecule has 0 fully saturated rings. The molecule has 0 heterocycles. The lowest BCUT2D eigenvalue weighted by atomic mass is 9.91. The van der Waals surface area contributed by atoms with Gasteiger partial charge in [-0.2, -0.15) is 13.2 Å². The smallest absolute Gasteiger partial charge is 0.385 e. The van der Waals surface area contributed by atoms with Crippen molar-refractivity contribution in [2.75, 3.05) is 0 Å². The lowest BCUT2D eigenvalue weighted by Gasteiger charge is -2.24. The Hall–Kier alpha value is -1.17. The van der Waals surface area contributed by atoms with Crippen LogP contribution in [0.3, 0.4) is 0 Å². The van der Waals surface area contributed by atoms with E-state index >= 15 is 0 Å². The predicted octanol–water partition coefficient (Wildman–Crippen LogP) is 3.51. The van der Waals surface area contributed by atoms with E-state index in [-0.39, 0.29) is 5.56 Å². The first-order valence-electron chi connectivity index (χ1n) is 4.86. The van der Waals surface area contributed by atoms with Crippen LogP contribution in [0, 0.1) is 11.6 Å². The van der Waals surface area contributed by atoms with E-state index in [4.69, 9.17) is 0 Å². The third-order valence-corrected chi connectivity index (χ3v) is 2.38. The van der Waals surface area contributed by atoms with Gasteiger partial charge >= 0.3 is 6.18 Å². The van der Waals surface area contributed by atoms with Crippen molar-refractivity contribution in [3.8, 4) is 0 Å². The summed E-state index contributed by atoms with van der Waals surface area (Å²) in [5, 5.41) is 9.76. The molecule has 96 valence electrons. The maximum absolute atomic E-state index is 12.9. The second-order valence-corrected chi connectivity index (χ2v) is 4.05. The fraction of sp³-hybridized carbons (Fsp3) is 0.455. The fourth-order valence-corrected chi connectivity index (χ4v) is 1.39. The zero-order valence-corrected chi connectivity index (χ0v) is 8.98. The van der Waals surface area contributed by atoms with Crippen molar-refractivity contribution in [1.82, 2.24) is 0 Å². The van der Waals surface area contributed by atoms with Gasteiger partial charge < -0.3 is 5.11 Å². The number of hydrogen-bond acceptors (Lipinski definition) is 1. The summed E-state index contributed by atoms with van der Waals surface area (Å²) >= 11 is 0. The molecule has 0 spiro atoms. The average molecular weight is 254 g/mol. The normalized spacial score (nSPS) is 15.7. The van der Waals surface area contributed by atoms with Crippen molar-refractivity contribution in [2.45, 2.75) is 31.5 Å². The molecular weight excluding hydrogens is 243 g/mol. The number of halogens is 5. The topological polar surface area (TPSA) is 20.2 Å². The Kier molecular flexibility index (Phi) is 3.76. The van der Waals surface area contributed by atoms with Crippen molar-refractivity contribution >= 4 is 0 Å². The molecule has 0 bridgehead atoms. The van der Waals surface area contributed by atoms with Crippen LogP contribution in [0.4, 0.5) is 22.0 Å². The van der Waals surface area contributed by atoms with E-state index in [9.17, 15) is 27.1 Å². The van der Waals surface area contributed by atoms with E-state index in [1.807, 2.05) is 0 Å². The van der Waals surface area contributed by atoms with Gasteiger partial charge in [-0.1, -0.05) is 0 Å². The number of benzene rings is 1. The molecule has 1 aromatic carbocycles. The lowest BCUT2D eigenvalue weighted by Crippen LogP contribution is -2.24. The molecule has 0 aromatic heterocycles. The first kappa shape index (κ1) is 13.9. The summed E-state index contributed by atoms with van der Waals surface area (Å²) in [6, 6.07) is 2.22. The van der Waals surface area contributed by atoms with Gasteiger partial charge in [0, 0.05) is 12.5 Å². The minimum Gasteiger partial charge on any atom is -0.385 e. The van der Waals surface area contributed by atoms with E-state index in [1.54, 1.807) is 0 Å². The Balaban J connectivity index is 2.88. The first-order chi connectivity index (χ1) is 7.60. The Labute approximate surface area is 94.9 Å². The van der Waals surface area contributed by atoms with Crippen LogP contribution < -0.4 is 0 Å². The molecule has 1 N–H and O–H groups in total. The molecule has 1 atom stereocenters. The molecule has 0 saturated heterocycles. The van der Waals surface area contributed by atoms with Gasteiger partial charge in [0.1, 0.15) is 11.6 Å². The average Bonchev–Trinajstić information content (AvgIpc) is 2.12. The Morgan fingerprint density at radius 1 is 1.00 bits per heavy atom. The third kappa shape index (κ3) is 4.30. The number of alkyl halides is 3. The molecule has 6 heteroatoms. The van der Waals surface area contributed by atoms with Gasteiger partial charge in [-0.05, 0) is 31.0 Å². The van der Waals surface area contributed by atoms with E-state index in [0.717, 1.165) is 19.1 Å². The quantitative estimate of drug-likeness (QED) is 0.818. The van der Waals surface area contributed by atoms with Crippen LogP contribution >= 0.6 is 0 Å². The monoisotopic (exact) mass is 254 g/mol. The summed E-state index contributed by atoms with van der Waals surface area (Å²) in [5.74, 6) is -1.88. The van der Waals surface area contributed by atoms with Crippen molar-refractivity contribution in [3.05, 3.63) is 35.4 Å². The zero-order chi connectivity index (χ0) is 13.3. The van der Waals surface area contributed by atoms with Crippen LogP contribution in [0.5, 0.6) is 0 Å². The number of rotatable bonds is 3. The molecule has 0 aliphatic carbocycles. The zero-order valence-electron chi connectivity index (χ0n) is 8.98. The molecular formula is C11H11F5O. The summed E-state index contributed by atoms with van der Waals surface area (Å²) < 4.78 is 61.7. The maximum Gasteiger partial charge on any atom is 0.389 e. The second-order valence-electron chi connectivity index (χ2n) is 4.05. The van der Waals surface area contributed by atoms with Crippen LogP contribution in [0.25, 0.3) is 0 Å². The van der Waals surface area contributed by atoms with E-state index in [2.05, 4.69) is 0 Å². The standard InChI is InChI=1S/C11H11F5O/c1-10(17,2-3-11(14,15)16)7-4-8(12)6-9(13)5-7/h4-6,17H,2-3H2,1H3. The van der Waals surface area contributed by atoms with Crippen LogP contribution in [-0.4, -0.2) is 11.3 Å². The highest BCUT2D eigenvalue weighted by Gasteiger charge is 2.33.